The quantitative estimate of drug-likeness (QED) is 0.696. The van der Waals surface area contributed by atoms with Crippen molar-refractivity contribution in [3.63, 3.8) is 0 Å². The number of nitrogens with one attached hydrogen (secondary N) is 2. The van der Waals surface area contributed by atoms with Crippen LogP contribution >= 0.6 is 11.6 Å². The highest BCUT2D eigenvalue weighted by molar-refractivity contribution is 6.31. The van der Waals surface area contributed by atoms with Crippen LogP contribution in [-0.4, -0.2) is 23.0 Å². The number of aryl methyl sites for hydroxylation is 1. The molecule has 0 aliphatic rings. The molecule has 1 aromatic heterocycles. The molecule has 3 rings (SSSR count). The van der Waals surface area contributed by atoms with E-state index in [1.165, 1.54) is 6.33 Å². The van der Waals surface area contributed by atoms with Crippen LogP contribution in [0.15, 0.2) is 54.9 Å². The smallest absolute Gasteiger partial charge is 0.274 e. The highest BCUT2D eigenvalue weighted by Crippen LogP contribution is 2.29. The first kappa shape index (κ1) is 17.7. The second kappa shape index (κ2) is 7.84. The second-order valence-electron chi connectivity index (χ2n) is 5.58. The van der Waals surface area contributed by atoms with Crippen LogP contribution in [-0.2, 0) is 0 Å². The van der Waals surface area contributed by atoms with Gasteiger partial charge in [0.15, 0.2) is 0 Å². The molecule has 2 N–H and O–H groups in total. The normalized spacial score (nSPS) is 10.3. The van der Waals surface area contributed by atoms with Gasteiger partial charge in [-0.15, -0.1) is 0 Å². The molecule has 0 bridgehead atoms. The number of amides is 1. The molecule has 0 spiro atoms. The topological polar surface area (TPSA) is 76.1 Å². The summed E-state index contributed by atoms with van der Waals surface area (Å²) < 4.78 is 5.30. The third-order valence-corrected chi connectivity index (χ3v) is 3.84. The molecule has 0 atom stereocenters. The van der Waals surface area contributed by atoms with Gasteiger partial charge in [0.25, 0.3) is 5.91 Å². The first-order chi connectivity index (χ1) is 12.5. The van der Waals surface area contributed by atoms with Crippen molar-refractivity contribution < 1.29 is 9.53 Å². The molecule has 26 heavy (non-hydrogen) atoms. The Bertz CT molecular complexity index is 946. The van der Waals surface area contributed by atoms with Gasteiger partial charge in [-0.25, -0.2) is 9.97 Å². The van der Waals surface area contributed by atoms with E-state index in [2.05, 4.69) is 20.6 Å². The van der Waals surface area contributed by atoms with Crippen molar-refractivity contribution in [3.05, 3.63) is 71.1 Å². The van der Waals surface area contributed by atoms with Gasteiger partial charge in [0.1, 0.15) is 23.6 Å². The Hall–Kier alpha value is -3.12. The van der Waals surface area contributed by atoms with Crippen LogP contribution in [0.25, 0.3) is 0 Å². The van der Waals surface area contributed by atoms with E-state index in [-0.39, 0.29) is 11.6 Å². The molecule has 2 aromatic carbocycles. The Labute approximate surface area is 156 Å². The number of hydrogen-bond acceptors (Lipinski definition) is 5. The number of carbonyl (C=O) groups is 1. The molecule has 0 aliphatic heterocycles. The summed E-state index contributed by atoms with van der Waals surface area (Å²) in [5.74, 6) is 0.743. The zero-order chi connectivity index (χ0) is 18.5. The molecule has 0 unspecified atom stereocenters. The minimum absolute atomic E-state index is 0.241. The third kappa shape index (κ3) is 4.29. The number of rotatable bonds is 5. The second-order valence-corrected chi connectivity index (χ2v) is 6.02. The lowest BCUT2D eigenvalue weighted by Gasteiger charge is -2.11. The SMILES string of the molecule is COc1ccc(Cl)cc1Nc1cc(C(=O)Nc2cccc(C)c2)ncn1. The van der Waals surface area contributed by atoms with Crippen LogP contribution in [0.2, 0.25) is 5.02 Å². The minimum atomic E-state index is -0.320. The number of halogens is 1. The summed E-state index contributed by atoms with van der Waals surface area (Å²) in [6, 6.07) is 14.3. The summed E-state index contributed by atoms with van der Waals surface area (Å²) in [5.41, 5.74) is 2.65. The van der Waals surface area contributed by atoms with E-state index in [0.29, 0.717) is 28.0 Å². The monoisotopic (exact) mass is 368 g/mol. The molecular weight excluding hydrogens is 352 g/mol. The molecule has 7 heteroatoms. The molecule has 132 valence electrons. The maximum absolute atomic E-state index is 12.4. The van der Waals surface area contributed by atoms with Crippen molar-refractivity contribution in [1.29, 1.82) is 0 Å². The number of ether oxygens (including phenoxy) is 1. The standard InChI is InChI=1S/C19H17ClN4O2/c1-12-4-3-5-14(8-12)23-19(25)16-10-18(22-11-21-16)24-15-9-13(20)6-7-17(15)26-2/h3-11H,1-2H3,(H,23,25)(H,21,22,24). The van der Waals surface area contributed by atoms with Gasteiger partial charge in [0.2, 0.25) is 0 Å². The summed E-state index contributed by atoms with van der Waals surface area (Å²) in [5, 5.41) is 6.47. The Morgan fingerprint density at radius 2 is 1.96 bits per heavy atom. The fraction of sp³-hybridized carbons (Fsp3) is 0.105. The molecule has 6 nitrogen and oxygen atoms in total. The predicted molar refractivity (Wildman–Crippen MR) is 102 cm³/mol. The van der Waals surface area contributed by atoms with Gasteiger partial charge in [0, 0.05) is 16.8 Å². The van der Waals surface area contributed by atoms with Crippen molar-refractivity contribution >= 4 is 34.7 Å². The molecule has 1 heterocycles. The van der Waals surface area contributed by atoms with Crippen LogP contribution < -0.4 is 15.4 Å². The Balaban J connectivity index is 1.80. The van der Waals surface area contributed by atoms with E-state index in [0.717, 1.165) is 5.56 Å². The van der Waals surface area contributed by atoms with Gasteiger partial charge in [-0.05, 0) is 42.8 Å². The van der Waals surface area contributed by atoms with Gasteiger partial charge in [-0.2, -0.15) is 0 Å². The number of anilines is 3. The lowest BCUT2D eigenvalue weighted by molar-refractivity contribution is 0.102. The number of nitrogens with zero attached hydrogens (tertiary/aromatic N) is 2. The Morgan fingerprint density at radius 3 is 2.73 bits per heavy atom. The summed E-state index contributed by atoms with van der Waals surface area (Å²) in [4.78, 5) is 20.6. The van der Waals surface area contributed by atoms with Crippen molar-refractivity contribution in [2.75, 3.05) is 17.7 Å². The van der Waals surface area contributed by atoms with E-state index in [1.54, 1.807) is 31.4 Å². The lowest BCUT2D eigenvalue weighted by atomic mass is 10.2. The van der Waals surface area contributed by atoms with Gasteiger partial charge in [-0.3, -0.25) is 4.79 Å². The summed E-state index contributed by atoms with van der Waals surface area (Å²) in [6.07, 6.45) is 1.32. The van der Waals surface area contributed by atoms with Gasteiger partial charge < -0.3 is 15.4 Å². The summed E-state index contributed by atoms with van der Waals surface area (Å²) in [6.45, 7) is 1.96. The summed E-state index contributed by atoms with van der Waals surface area (Å²) in [7, 11) is 1.56. The summed E-state index contributed by atoms with van der Waals surface area (Å²) >= 11 is 6.03. The molecule has 0 aliphatic carbocycles. The minimum Gasteiger partial charge on any atom is -0.495 e. The zero-order valence-corrected chi connectivity index (χ0v) is 15.0. The van der Waals surface area contributed by atoms with Crippen LogP contribution in [0.1, 0.15) is 16.1 Å². The zero-order valence-electron chi connectivity index (χ0n) is 14.3. The first-order valence-electron chi connectivity index (χ1n) is 7.86. The van der Waals surface area contributed by atoms with Crippen LogP contribution in [0, 0.1) is 6.92 Å². The molecule has 3 aromatic rings. The predicted octanol–water partition coefficient (Wildman–Crippen LogP) is 4.44. The van der Waals surface area contributed by atoms with Gasteiger partial charge in [-0.1, -0.05) is 23.7 Å². The lowest BCUT2D eigenvalue weighted by Crippen LogP contribution is -2.14. The highest BCUT2D eigenvalue weighted by atomic mass is 35.5. The molecule has 1 amide bonds. The van der Waals surface area contributed by atoms with E-state index in [1.807, 2.05) is 31.2 Å². The van der Waals surface area contributed by atoms with Crippen LogP contribution in [0.3, 0.4) is 0 Å². The average Bonchev–Trinajstić information content (AvgIpc) is 2.62. The largest absolute Gasteiger partial charge is 0.495 e. The van der Waals surface area contributed by atoms with E-state index in [4.69, 9.17) is 16.3 Å². The van der Waals surface area contributed by atoms with Crippen molar-refractivity contribution in [2.45, 2.75) is 6.92 Å². The van der Waals surface area contributed by atoms with Crippen LogP contribution in [0.4, 0.5) is 17.2 Å². The molecule has 0 radical (unpaired) electrons. The van der Waals surface area contributed by atoms with E-state index in [9.17, 15) is 4.79 Å². The van der Waals surface area contributed by atoms with Gasteiger partial charge >= 0.3 is 0 Å². The van der Waals surface area contributed by atoms with E-state index < -0.39 is 0 Å². The molecule has 0 saturated heterocycles. The Kier molecular flexibility index (Phi) is 5.34. The third-order valence-electron chi connectivity index (χ3n) is 3.60. The number of benzene rings is 2. The fourth-order valence-electron chi connectivity index (χ4n) is 2.38. The molecule has 0 saturated carbocycles. The highest BCUT2D eigenvalue weighted by Gasteiger charge is 2.11. The number of methoxy groups -OCH3 is 1. The fourth-order valence-corrected chi connectivity index (χ4v) is 2.56. The number of aromatic nitrogens is 2. The van der Waals surface area contributed by atoms with Crippen molar-refractivity contribution in [3.8, 4) is 5.75 Å². The van der Waals surface area contributed by atoms with E-state index >= 15 is 0 Å². The molecular formula is C19H17ClN4O2. The maximum Gasteiger partial charge on any atom is 0.274 e. The van der Waals surface area contributed by atoms with Gasteiger partial charge in [0.05, 0.1) is 12.8 Å². The maximum atomic E-state index is 12.4. The molecule has 0 fully saturated rings. The number of carbonyl (C=O) groups excluding carboxylic acids is 1. The average molecular weight is 369 g/mol. The Morgan fingerprint density at radius 1 is 1.12 bits per heavy atom. The van der Waals surface area contributed by atoms with Crippen molar-refractivity contribution in [2.24, 2.45) is 0 Å². The number of hydrogen-bond donors (Lipinski definition) is 2. The van der Waals surface area contributed by atoms with Crippen molar-refractivity contribution in [1.82, 2.24) is 9.97 Å². The van der Waals surface area contributed by atoms with Crippen LogP contribution in [0.5, 0.6) is 5.75 Å². The first-order valence-corrected chi connectivity index (χ1v) is 8.23.